The topological polar surface area (TPSA) is 80.3 Å². The van der Waals surface area contributed by atoms with Crippen LogP contribution in [0.1, 0.15) is 28.4 Å². The summed E-state index contributed by atoms with van der Waals surface area (Å²) in [5, 5.41) is 2.50. The van der Waals surface area contributed by atoms with Crippen molar-refractivity contribution in [2.75, 3.05) is 16.8 Å². The van der Waals surface area contributed by atoms with Gasteiger partial charge >= 0.3 is 0 Å². The van der Waals surface area contributed by atoms with Crippen LogP contribution in [0.25, 0.3) is 0 Å². The first-order chi connectivity index (χ1) is 12.2. The molecule has 1 N–H and O–H groups in total. The SMILES string of the molecule is CCc1ccc(NC(=O)CS(=O)(=O)CC(=O)c2ccc(F)c(C)c2)cc1. The first-order valence-electron chi connectivity index (χ1n) is 8.09. The number of nitrogens with one attached hydrogen (secondary N) is 1. The van der Waals surface area contributed by atoms with Crippen molar-refractivity contribution in [3.63, 3.8) is 0 Å². The van der Waals surface area contributed by atoms with Gasteiger partial charge in [-0.2, -0.15) is 0 Å². The van der Waals surface area contributed by atoms with E-state index >= 15 is 0 Å². The van der Waals surface area contributed by atoms with Gasteiger partial charge in [0.05, 0.1) is 0 Å². The van der Waals surface area contributed by atoms with Crippen LogP contribution in [0.15, 0.2) is 42.5 Å². The number of sulfone groups is 1. The fraction of sp³-hybridized carbons (Fsp3) is 0.263. The number of carbonyl (C=O) groups is 2. The fourth-order valence-electron chi connectivity index (χ4n) is 2.37. The van der Waals surface area contributed by atoms with E-state index in [-0.39, 0.29) is 11.1 Å². The van der Waals surface area contributed by atoms with Crippen LogP contribution in [0.2, 0.25) is 0 Å². The number of amides is 1. The molecule has 138 valence electrons. The highest BCUT2D eigenvalue weighted by Crippen LogP contribution is 2.12. The van der Waals surface area contributed by atoms with Crippen LogP contribution in [0.4, 0.5) is 10.1 Å². The van der Waals surface area contributed by atoms with E-state index in [9.17, 15) is 22.4 Å². The highest BCUT2D eigenvalue weighted by atomic mass is 32.2. The number of Topliss-reactive ketones (excluding diaryl/α,β-unsaturated/α-hetero) is 1. The summed E-state index contributed by atoms with van der Waals surface area (Å²) in [6.45, 7) is 3.48. The highest BCUT2D eigenvalue weighted by Gasteiger charge is 2.22. The molecule has 0 heterocycles. The maximum absolute atomic E-state index is 13.2. The molecule has 0 unspecified atom stereocenters. The van der Waals surface area contributed by atoms with E-state index in [1.165, 1.54) is 19.1 Å². The average Bonchev–Trinajstić information content (AvgIpc) is 2.56. The van der Waals surface area contributed by atoms with Crippen LogP contribution in [-0.2, 0) is 21.1 Å². The zero-order valence-corrected chi connectivity index (χ0v) is 15.4. The quantitative estimate of drug-likeness (QED) is 0.753. The van der Waals surface area contributed by atoms with E-state index in [4.69, 9.17) is 0 Å². The summed E-state index contributed by atoms with van der Waals surface area (Å²) in [4.78, 5) is 24.0. The summed E-state index contributed by atoms with van der Waals surface area (Å²) in [7, 11) is -3.94. The van der Waals surface area contributed by atoms with E-state index in [0.717, 1.165) is 18.1 Å². The largest absolute Gasteiger partial charge is 0.325 e. The molecular formula is C19H20FNO4S. The summed E-state index contributed by atoms with van der Waals surface area (Å²) in [6, 6.07) is 10.7. The summed E-state index contributed by atoms with van der Waals surface area (Å²) in [6.07, 6.45) is 0.855. The molecule has 0 atom stereocenters. The summed E-state index contributed by atoms with van der Waals surface area (Å²) in [5.74, 6) is -3.46. The standard InChI is InChI=1S/C19H20FNO4S/c1-3-14-4-7-16(8-5-14)21-19(23)12-26(24,25)11-18(22)15-6-9-17(20)13(2)10-15/h4-10H,3,11-12H2,1-2H3,(H,21,23). The van der Waals surface area contributed by atoms with Gasteiger partial charge in [-0.25, -0.2) is 12.8 Å². The van der Waals surface area contributed by atoms with Crippen LogP contribution in [0.3, 0.4) is 0 Å². The second-order valence-corrected chi connectivity index (χ2v) is 8.08. The van der Waals surface area contributed by atoms with Crippen molar-refractivity contribution in [2.45, 2.75) is 20.3 Å². The lowest BCUT2D eigenvalue weighted by Crippen LogP contribution is -2.27. The molecule has 0 saturated carbocycles. The van der Waals surface area contributed by atoms with Gasteiger partial charge in [0, 0.05) is 11.3 Å². The van der Waals surface area contributed by atoms with E-state index in [2.05, 4.69) is 5.32 Å². The molecule has 0 radical (unpaired) electrons. The van der Waals surface area contributed by atoms with E-state index in [0.29, 0.717) is 5.69 Å². The van der Waals surface area contributed by atoms with Crippen molar-refractivity contribution in [1.82, 2.24) is 0 Å². The number of anilines is 1. The second-order valence-electron chi connectivity index (χ2n) is 6.02. The predicted molar refractivity (Wildman–Crippen MR) is 98.6 cm³/mol. The summed E-state index contributed by atoms with van der Waals surface area (Å²) < 4.78 is 37.5. The minimum absolute atomic E-state index is 0.100. The lowest BCUT2D eigenvalue weighted by molar-refractivity contribution is -0.113. The molecular weight excluding hydrogens is 357 g/mol. The van der Waals surface area contributed by atoms with Crippen molar-refractivity contribution in [1.29, 1.82) is 0 Å². The highest BCUT2D eigenvalue weighted by molar-refractivity contribution is 7.92. The van der Waals surface area contributed by atoms with Gasteiger partial charge in [-0.3, -0.25) is 9.59 Å². The Kier molecular flexibility index (Phi) is 6.26. The van der Waals surface area contributed by atoms with Crippen molar-refractivity contribution >= 4 is 27.2 Å². The third kappa shape index (κ3) is 5.49. The van der Waals surface area contributed by atoms with E-state index in [1.54, 1.807) is 12.1 Å². The average molecular weight is 377 g/mol. The molecule has 0 aliphatic carbocycles. The van der Waals surface area contributed by atoms with Gasteiger partial charge in [0.1, 0.15) is 17.3 Å². The summed E-state index contributed by atoms with van der Waals surface area (Å²) in [5.41, 5.74) is 1.93. The molecule has 0 spiro atoms. The molecule has 26 heavy (non-hydrogen) atoms. The van der Waals surface area contributed by atoms with Gasteiger partial charge in [0.15, 0.2) is 15.6 Å². The lowest BCUT2D eigenvalue weighted by atomic mass is 10.1. The molecule has 0 saturated heterocycles. The first kappa shape index (κ1) is 19.8. The predicted octanol–water partition coefficient (Wildman–Crippen LogP) is 2.93. The molecule has 0 aromatic heterocycles. The number of aryl methyl sites for hydroxylation is 2. The number of hydrogen-bond donors (Lipinski definition) is 1. The van der Waals surface area contributed by atoms with Gasteiger partial charge < -0.3 is 5.32 Å². The number of hydrogen-bond acceptors (Lipinski definition) is 4. The van der Waals surface area contributed by atoms with Crippen molar-refractivity contribution in [3.8, 4) is 0 Å². The minimum atomic E-state index is -3.94. The third-order valence-electron chi connectivity index (χ3n) is 3.83. The number of rotatable bonds is 7. The summed E-state index contributed by atoms with van der Waals surface area (Å²) >= 11 is 0. The molecule has 7 heteroatoms. The van der Waals surface area contributed by atoms with Gasteiger partial charge in [0.25, 0.3) is 0 Å². The van der Waals surface area contributed by atoms with Gasteiger partial charge in [-0.15, -0.1) is 0 Å². The molecule has 1 amide bonds. The Labute approximate surface area is 152 Å². The van der Waals surface area contributed by atoms with Crippen LogP contribution < -0.4 is 5.32 Å². The molecule has 2 aromatic rings. The molecule has 0 aliphatic heterocycles. The van der Waals surface area contributed by atoms with Gasteiger partial charge in [-0.1, -0.05) is 19.1 Å². The molecule has 2 aromatic carbocycles. The molecule has 0 fully saturated rings. The third-order valence-corrected chi connectivity index (χ3v) is 5.23. The Morgan fingerprint density at radius 2 is 1.69 bits per heavy atom. The molecule has 2 rings (SSSR count). The number of ketones is 1. The molecule has 5 nitrogen and oxygen atoms in total. The Balaban J connectivity index is 1.99. The maximum atomic E-state index is 13.2. The smallest absolute Gasteiger partial charge is 0.239 e. The van der Waals surface area contributed by atoms with Crippen molar-refractivity contribution < 1.29 is 22.4 Å². The number of halogens is 1. The van der Waals surface area contributed by atoms with Crippen LogP contribution >= 0.6 is 0 Å². The Morgan fingerprint density at radius 1 is 1.04 bits per heavy atom. The van der Waals surface area contributed by atoms with Crippen LogP contribution in [0, 0.1) is 12.7 Å². The number of carbonyl (C=O) groups excluding carboxylic acids is 2. The molecule has 0 aliphatic rings. The van der Waals surface area contributed by atoms with Gasteiger partial charge in [-0.05, 0) is 54.8 Å². The zero-order valence-electron chi connectivity index (χ0n) is 14.6. The Bertz CT molecular complexity index is 921. The van der Waals surface area contributed by atoms with E-state index < -0.39 is 38.9 Å². The van der Waals surface area contributed by atoms with Crippen molar-refractivity contribution in [2.24, 2.45) is 0 Å². The maximum Gasteiger partial charge on any atom is 0.239 e. The monoisotopic (exact) mass is 377 g/mol. The lowest BCUT2D eigenvalue weighted by Gasteiger charge is -2.07. The zero-order chi connectivity index (χ0) is 19.3. The first-order valence-corrected chi connectivity index (χ1v) is 9.91. The van der Waals surface area contributed by atoms with Crippen molar-refractivity contribution in [3.05, 3.63) is 65.0 Å². The number of benzene rings is 2. The second kappa shape index (κ2) is 8.23. The Hall–Kier alpha value is -2.54. The van der Waals surface area contributed by atoms with Crippen LogP contribution in [0.5, 0.6) is 0 Å². The minimum Gasteiger partial charge on any atom is -0.325 e. The normalized spacial score (nSPS) is 11.2. The van der Waals surface area contributed by atoms with Crippen LogP contribution in [-0.4, -0.2) is 31.6 Å². The van der Waals surface area contributed by atoms with E-state index in [1.807, 2.05) is 19.1 Å². The van der Waals surface area contributed by atoms with Gasteiger partial charge in [0.2, 0.25) is 5.91 Å². The fourth-order valence-corrected chi connectivity index (χ4v) is 3.51. The Morgan fingerprint density at radius 3 is 2.27 bits per heavy atom. The molecule has 0 bridgehead atoms.